The first-order valence-electron chi connectivity index (χ1n) is 8.37. The van der Waals surface area contributed by atoms with Crippen molar-refractivity contribution < 1.29 is 18.3 Å². The smallest absolute Gasteiger partial charge is 0.323 e. The summed E-state index contributed by atoms with van der Waals surface area (Å²) < 4.78 is 26.6. The van der Waals surface area contributed by atoms with Gasteiger partial charge >= 0.3 is 5.97 Å². The second kappa shape index (κ2) is 7.47. The molecule has 0 aliphatic carbocycles. The van der Waals surface area contributed by atoms with Gasteiger partial charge in [-0.15, -0.1) is 0 Å². The van der Waals surface area contributed by atoms with Crippen molar-refractivity contribution in [3.8, 4) is 11.1 Å². The van der Waals surface area contributed by atoms with Crippen LogP contribution >= 0.6 is 23.4 Å². The van der Waals surface area contributed by atoms with Gasteiger partial charge in [0.1, 0.15) is 6.04 Å². The number of benzene rings is 2. The molecule has 0 radical (unpaired) electrons. The normalized spacial score (nSPS) is 20.3. The maximum atomic E-state index is 13.1. The molecule has 1 aliphatic heterocycles. The van der Waals surface area contributed by atoms with Gasteiger partial charge in [0, 0.05) is 22.1 Å². The molecule has 0 aromatic heterocycles. The Morgan fingerprint density at radius 1 is 1.11 bits per heavy atom. The number of carboxylic acids is 1. The van der Waals surface area contributed by atoms with Crippen LogP contribution in [0.1, 0.15) is 13.8 Å². The van der Waals surface area contributed by atoms with Crippen molar-refractivity contribution in [1.82, 2.24) is 4.31 Å². The fraction of sp³-hybridized carbons (Fsp3) is 0.316. The first-order chi connectivity index (χ1) is 12.6. The van der Waals surface area contributed by atoms with Gasteiger partial charge < -0.3 is 5.11 Å². The Bertz CT molecular complexity index is 941. The molecule has 1 atom stereocenters. The molecule has 0 spiro atoms. The van der Waals surface area contributed by atoms with E-state index >= 15 is 0 Å². The Labute approximate surface area is 168 Å². The highest BCUT2D eigenvalue weighted by Crippen LogP contribution is 2.38. The zero-order chi connectivity index (χ0) is 19.8. The number of thioether (sulfide) groups is 1. The second-order valence-electron chi connectivity index (χ2n) is 6.84. The van der Waals surface area contributed by atoms with Crippen molar-refractivity contribution in [2.45, 2.75) is 29.5 Å². The van der Waals surface area contributed by atoms with Crippen LogP contribution in [0.4, 0.5) is 0 Å². The Kier molecular flexibility index (Phi) is 5.59. The Morgan fingerprint density at radius 3 is 2.15 bits per heavy atom. The number of carboxylic acid groups (broad SMARTS) is 1. The number of aliphatic carboxylic acids is 1. The van der Waals surface area contributed by atoms with Crippen molar-refractivity contribution in [1.29, 1.82) is 0 Å². The van der Waals surface area contributed by atoms with Crippen molar-refractivity contribution in [3.63, 3.8) is 0 Å². The van der Waals surface area contributed by atoms with Crippen LogP contribution in [0, 0.1) is 0 Å². The molecule has 5 nitrogen and oxygen atoms in total. The van der Waals surface area contributed by atoms with E-state index in [0.717, 1.165) is 15.4 Å². The highest BCUT2D eigenvalue weighted by Gasteiger charge is 2.48. The van der Waals surface area contributed by atoms with Crippen molar-refractivity contribution in [2.24, 2.45) is 0 Å². The maximum Gasteiger partial charge on any atom is 0.323 e. The lowest BCUT2D eigenvalue weighted by Crippen LogP contribution is -2.58. The number of rotatable bonds is 4. The lowest BCUT2D eigenvalue weighted by atomic mass is 10.0. The van der Waals surface area contributed by atoms with Gasteiger partial charge in [-0.2, -0.15) is 16.1 Å². The lowest BCUT2D eigenvalue weighted by molar-refractivity contribution is -0.142. The summed E-state index contributed by atoms with van der Waals surface area (Å²) in [6.45, 7) is 3.70. The van der Waals surface area contributed by atoms with Crippen molar-refractivity contribution in [2.75, 3.05) is 12.3 Å². The monoisotopic (exact) mass is 425 g/mol. The molecule has 27 heavy (non-hydrogen) atoms. The third-order valence-electron chi connectivity index (χ3n) is 4.60. The number of hydrogen-bond donors (Lipinski definition) is 1. The molecule has 0 amide bonds. The molecule has 1 N–H and O–H groups in total. The highest BCUT2D eigenvalue weighted by molar-refractivity contribution is 8.00. The van der Waals surface area contributed by atoms with E-state index in [1.54, 1.807) is 38.1 Å². The third kappa shape index (κ3) is 4.01. The molecule has 0 saturated carbocycles. The van der Waals surface area contributed by atoms with Crippen LogP contribution in [0.25, 0.3) is 11.1 Å². The van der Waals surface area contributed by atoms with Crippen LogP contribution in [-0.4, -0.2) is 46.9 Å². The summed E-state index contributed by atoms with van der Waals surface area (Å²) in [5, 5.41) is 10.3. The second-order valence-corrected chi connectivity index (χ2v) is 10.9. The van der Waals surface area contributed by atoms with Crippen molar-refractivity contribution >= 4 is 39.4 Å². The molecular formula is C19H20ClNO4S2. The van der Waals surface area contributed by atoms with E-state index in [-0.39, 0.29) is 11.4 Å². The van der Waals surface area contributed by atoms with E-state index < -0.39 is 26.8 Å². The molecule has 3 rings (SSSR count). The minimum Gasteiger partial charge on any atom is -0.480 e. The molecule has 1 saturated heterocycles. The van der Waals surface area contributed by atoms with Crippen LogP contribution in [0.5, 0.6) is 0 Å². The molecule has 0 unspecified atom stereocenters. The summed E-state index contributed by atoms with van der Waals surface area (Å²) in [6, 6.07) is 12.6. The predicted octanol–water partition coefficient (Wildman–Crippen LogP) is 3.98. The maximum absolute atomic E-state index is 13.1. The largest absolute Gasteiger partial charge is 0.480 e. The molecule has 1 heterocycles. The molecular weight excluding hydrogens is 406 g/mol. The Morgan fingerprint density at radius 2 is 1.63 bits per heavy atom. The van der Waals surface area contributed by atoms with E-state index in [1.807, 2.05) is 12.1 Å². The summed E-state index contributed by atoms with van der Waals surface area (Å²) >= 11 is 7.37. The number of sulfonamides is 1. The summed E-state index contributed by atoms with van der Waals surface area (Å²) in [7, 11) is -3.91. The number of carbonyl (C=O) groups is 1. The van der Waals surface area contributed by atoms with Crippen LogP contribution < -0.4 is 0 Å². The van der Waals surface area contributed by atoms with Crippen molar-refractivity contribution in [3.05, 3.63) is 53.6 Å². The highest BCUT2D eigenvalue weighted by atomic mass is 35.5. The van der Waals surface area contributed by atoms with E-state index in [0.29, 0.717) is 10.8 Å². The summed E-state index contributed by atoms with van der Waals surface area (Å²) in [5.74, 6) is -0.577. The zero-order valence-electron chi connectivity index (χ0n) is 14.9. The zero-order valence-corrected chi connectivity index (χ0v) is 17.3. The number of nitrogens with zero attached hydrogens (tertiary/aromatic N) is 1. The standard InChI is InChI=1S/C19H20ClNO4S2/c1-19(2)17(18(22)23)21(11-12-26-19)27(24,25)16-9-5-14(6-10-16)13-3-7-15(20)8-4-13/h3-10,17H,11-12H2,1-2H3,(H,22,23)/t17-/m0/s1. The van der Waals surface area contributed by atoms with E-state index in [4.69, 9.17) is 11.6 Å². The summed E-state index contributed by atoms with van der Waals surface area (Å²) in [5.41, 5.74) is 1.78. The fourth-order valence-electron chi connectivity index (χ4n) is 3.23. The molecule has 1 fully saturated rings. The Balaban J connectivity index is 1.94. The topological polar surface area (TPSA) is 74.7 Å². The molecule has 2 aromatic carbocycles. The van der Waals surface area contributed by atoms with Crippen LogP contribution in [0.3, 0.4) is 0 Å². The van der Waals surface area contributed by atoms with Crippen LogP contribution in [0.2, 0.25) is 5.02 Å². The molecule has 0 bridgehead atoms. The summed E-state index contributed by atoms with van der Waals surface area (Å²) in [6.07, 6.45) is 0. The van der Waals surface area contributed by atoms with E-state index in [2.05, 4.69) is 0 Å². The molecule has 8 heteroatoms. The first kappa shape index (κ1) is 20.2. The van der Waals surface area contributed by atoms with Gasteiger partial charge in [0.05, 0.1) is 4.90 Å². The lowest BCUT2D eigenvalue weighted by Gasteiger charge is -2.42. The van der Waals surface area contributed by atoms with Gasteiger partial charge in [0.15, 0.2) is 0 Å². The fourth-order valence-corrected chi connectivity index (χ4v) is 6.45. The van der Waals surface area contributed by atoms with Gasteiger partial charge in [-0.3, -0.25) is 4.79 Å². The molecule has 144 valence electrons. The average molecular weight is 426 g/mol. The van der Waals surface area contributed by atoms with E-state index in [9.17, 15) is 18.3 Å². The summed E-state index contributed by atoms with van der Waals surface area (Å²) in [4.78, 5) is 11.9. The minimum atomic E-state index is -3.91. The van der Waals surface area contributed by atoms with Crippen LogP contribution in [0.15, 0.2) is 53.4 Å². The van der Waals surface area contributed by atoms with Crippen LogP contribution in [-0.2, 0) is 14.8 Å². The van der Waals surface area contributed by atoms with E-state index in [1.165, 1.54) is 23.9 Å². The third-order valence-corrected chi connectivity index (χ3v) is 8.09. The van der Waals surface area contributed by atoms with Gasteiger partial charge in [0.25, 0.3) is 0 Å². The number of hydrogen-bond acceptors (Lipinski definition) is 4. The Hall–Kier alpha value is -1.54. The van der Waals surface area contributed by atoms with Gasteiger partial charge in [0.2, 0.25) is 10.0 Å². The van der Waals surface area contributed by atoms with Gasteiger partial charge in [-0.1, -0.05) is 35.9 Å². The SMILES string of the molecule is CC1(C)SCCN(S(=O)(=O)c2ccc(-c3ccc(Cl)cc3)cc2)[C@H]1C(=O)O. The first-order valence-corrected chi connectivity index (χ1v) is 11.2. The number of halogens is 1. The average Bonchev–Trinajstić information content (AvgIpc) is 2.61. The van der Waals surface area contributed by atoms with Gasteiger partial charge in [-0.25, -0.2) is 8.42 Å². The molecule has 2 aromatic rings. The minimum absolute atomic E-state index is 0.0918. The predicted molar refractivity (Wildman–Crippen MR) is 109 cm³/mol. The quantitative estimate of drug-likeness (QED) is 0.801. The van der Waals surface area contributed by atoms with Gasteiger partial charge in [-0.05, 0) is 49.2 Å². The molecule has 1 aliphatic rings.